The highest BCUT2D eigenvalue weighted by atomic mass is 16.6. The van der Waals surface area contributed by atoms with Gasteiger partial charge in [-0.15, -0.1) is 0 Å². The van der Waals surface area contributed by atoms with Crippen molar-refractivity contribution in [2.75, 3.05) is 26.7 Å². The quantitative estimate of drug-likeness (QED) is 0.630. The minimum absolute atomic E-state index is 0.0892. The Morgan fingerprint density at radius 1 is 1.32 bits per heavy atom. The van der Waals surface area contributed by atoms with E-state index < -0.39 is 0 Å². The SMILES string of the molecule is CN1CCC(COc2cc([N+](=O)[O-])ccc2C(C)(C)C)CC1. The molecule has 0 aliphatic carbocycles. The molecule has 22 heavy (non-hydrogen) atoms. The fraction of sp³-hybridized carbons (Fsp3) is 0.647. The van der Waals surface area contributed by atoms with Crippen LogP contribution in [0, 0.1) is 16.0 Å². The van der Waals surface area contributed by atoms with Crippen molar-refractivity contribution in [3.8, 4) is 5.75 Å². The zero-order valence-electron chi connectivity index (χ0n) is 14.0. The zero-order chi connectivity index (χ0) is 16.3. The molecule has 1 aromatic rings. The minimum atomic E-state index is -0.366. The van der Waals surface area contributed by atoms with Gasteiger partial charge in [0, 0.05) is 6.07 Å². The Hall–Kier alpha value is -1.62. The normalized spacial score (nSPS) is 17.5. The van der Waals surface area contributed by atoms with Gasteiger partial charge in [-0.2, -0.15) is 0 Å². The van der Waals surface area contributed by atoms with Gasteiger partial charge in [-0.25, -0.2) is 0 Å². The molecule has 0 N–H and O–H groups in total. The van der Waals surface area contributed by atoms with Crippen LogP contribution in [0.25, 0.3) is 0 Å². The van der Waals surface area contributed by atoms with E-state index in [0.29, 0.717) is 18.3 Å². The lowest BCUT2D eigenvalue weighted by Gasteiger charge is -2.29. The Balaban J connectivity index is 2.13. The maximum absolute atomic E-state index is 11.0. The predicted molar refractivity (Wildman–Crippen MR) is 87.5 cm³/mol. The van der Waals surface area contributed by atoms with E-state index in [0.717, 1.165) is 31.5 Å². The van der Waals surface area contributed by atoms with Crippen molar-refractivity contribution < 1.29 is 9.66 Å². The Kier molecular flexibility index (Phi) is 5.06. The first-order chi connectivity index (χ1) is 10.3. The first kappa shape index (κ1) is 16.7. The summed E-state index contributed by atoms with van der Waals surface area (Å²) in [6.45, 7) is 9.10. The number of nitro benzene ring substituents is 1. The summed E-state index contributed by atoms with van der Waals surface area (Å²) >= 11 is 0. The van der Waals surface area contributed by atoms with E-state index in [1.165, 1.54) is 0 Å². The van der Waals surface area contributed by atoms with E-state index in [1.807, 2.05) is 6.07 Å². The van der Waals surface area contributed by atoms with Gasteiger partial charge in [0.1, 0.15) is 5.75 Å². The molecule has 1 aromatic carbocycles. The molecule has 0 amide bonds. The average Bonchev–Trinajstić information content (AvgIpc) is 2.45. The van der Waals surface area contributed by atoms with Crippen LogP contribution in [0.1, 0.15) is 39.2 Å². The van der Waals surface area contributed by atoms with Gasteiger partial charge in [0.2, 0.25) is 0 Å². The van der Waals surface area contributed by atoms with Crippen LogP contribution in [0.5, 0.6) is 5.75 Å². The zero-order valence-corrected chi connectivity index (χ0v) is 14.0. The lowest BCUT2D eigenvalue weighted by atomic mass is 9.86. The molecule has 0 radical (unpaired) electrons. The summed E-state index contributed by atoms with van der Waals surface area (Å²) in [4.78, 5) is 13.0. The topological polar surface area (TPSA) is 55.6 Å². The maximum atomic E-state index is 11.0. The van der Waals surface area contributed by atoms with Gasteiger partial charge in [-0.05, 0) is 55.9 Å². The van der Waals surface area contributed by atoms with Crippen LogP contribution in [-0.2, 0) is 5.41 Å². The molecule has 5 nitrogen and oxygen atoms in total. The number of non-ortho nitro benzene ring substituents is 1. The molecule has 5 heteroatoms. The number of ether oxygens (including phenoxy) is 1. The third-order valence-corrected chi connectivity index (χ3v) is 4.30. The first-order valence-electron chi connectivity index (χ1n) is 7.87. The molecule has 0 spiro atoms. The highest BCUT2D eigenvalue weighted by Crippen LogP contribution is 2.34. The van der Waals surface area contributed by atoms with Crippen molar-refractivity contribution in [2.45, 2.75) is 39.0 Å². The molecule has 1 aliphatic heterocycles. The van der Waals surface area contributed by atoms with Gasteiger partial charge in [-0.1, -0.05) is 20.8 Å². The summed E-state index contributed by atoms with van der Waals surface area (Å²) in [5, 5.41) is 11.0. The molecule has 1 aliphatic rings. The summed E-state index contributed by atoms with van der Waals surface area (Å²) in [6, 6.07) is 4.95. The van der Waals surface area contributed by atoms with Crippen LogP contribution in [0.2, 0.25) is 0 Å². The Labute approximate surface area is 132 Å². The molecule has 0 atom stereocenters. The van der Waals surface area contributed by atoms with Crippen LogP contribution in [-0.4, -0.2) is 36.6 Å². The second-order valence-electron chi connectivity index (χ2n) is 7.25. The molecule has 122 valence electrons. The summed E-state index contributed by atoms with van der Waals surface area (Å²) in [5.41, 5.74) is 1.01. The molecule has 2 rings (SSSR count). The number of likely N-dealkylation sites (tertiary alicyclic amines) is 1. The summed E-state index contributed by atoms with van der Waals surface area (Å²) in [6.07, 6.45) is 2.24. The van der Waals surface area contributed by atoms with Crippen molar-refractivity contribution in [3.05, 3.63) is 33.9 Å². The highest BCUT2D eigenvalue weighted by molar-refractivity contribution is 5.47. The molecule has 1 heterocycles. The largest absolute Gasteiger partial charge is 0.493 e. The number of rotatable bonds is 4. The first-order valence-corrected chi connectivity index (χ1v) is 7.87. The smallest absolute Gasteiger partial charge is 0.273 e. The number of hydrogen-bond donors (Lipinski definition) is 0. The Morgan fingerprint density at radius 3 is 2.50 bits per heavy atom. The van der Waals surface area contributed by atoms with Crippen molar-refractivity contribution in [1.82, 2.24) is 4.90 Å². The van der Waals surface area contributed by atoms with Gasteiger partial charge in [0.25, 0.3) is 5.69 Å². The van der Waals surface area contributed by atoms with Crippen molar-refractivity contribution >= 4 is 5.69 Å². The molecule has 0 aromatic heterocycles. The maximum Gasteiger partial charge on any atom is 0.273 e. The third kappa shape index (κ3) is 4.19. The summed E-state index contributed by atoms with van der Waals surface area (Å²) in [7, 11) is 2.13. The lowest BCUT2D eigenvalue weighted by molar-refractivity contribution is -0.385. The average molecular weight is 306 g/mol. The molecule has 1 fully saturated rings. The Bertz CT molecular complexity index is 529. The number of piperidine rings is 1. The number of nitro groups is 1. The molecular formula is C17H26N2O3. The van der Waals surface area contributed by atoms with E-state index in [4.69, 9.17) is 4.74 Å². The van der Waals surface area contributed by atoms with E-state index in [2.05, 4.69) is 32.7 Å². The molecule has 0 saturated carbocycles. The van der Waals surface area contributed by atoms with Crippen LogP contribution < -0.4 is 4.74 Å². The number of hydrogen-bond acceptors (Lipinski definition) is 4. The second kappa shape index (κ2) is 6.65. The Morgan fingerprint density at radius 2 is 1.95 bits per heavy atom. The van der Waals surface area contributed by atoms with E-state index in [1.54, 1.807) is 12.1 Å². The lowest BCUT2D eigenvalue weighted by Crippen LogP contribution is -2.32. The fourth-order valence-electron chi connectivity index (χ4n) is 2.80. The highest BCUT2D eigenvalue weighted by Gasteiger charge is 2.23. The fourth-order valence-corrected chi connectivity index (χ4v) is 2.80. The van der Waals surface area contributed by atoms with Gasteiger partial charge >= 0.3 is 0 Å². The van der Waals surface area contributed by atoms with Crippen molar-refractivity contribution in [2.24, 2.45) is 5.92 Å². The van der Waals surface area contributed by atoms with Crippen LogP contribution in [0.15, 0.2) is 18.2 Å². The summed E-state index contributed by atoms with van der Waals surface area (Å²) in [5.74, 6) is 1.18. The van der Waals surface area contributed by atoms with Crippen molar-refractivity contribution in [3.63, 3.8) is 0 Å². The number of nitrogens with zero attached hydrogens (tertiary/aromatic N) is 2. The molecule has 1 saturated heterocycles. The standard InChI is InChI=1S/C17H26N2O3/c1-17(2,3)15-6-5-14(19(20)21)11-16(15)22-12-13-7-9-18(4)10-8-13/h5-6,11,13H,7-10,12H2,1-4H3. The van der Waals surface area contributed by atoms with Gasteiger partial charge in [-0.3, -0.25) is 10.1 Å². The minimum Gasteiger partial charge on any atom is -0.493 e. The van der Waals surface area contributed by atoms with E-state index in [-0.39, 0.29) is 16.0 Å². The third-order valence-electron chi connectivity index (χ3n) is 4.30. The molecule has 0 unspecified atom stereocenters. The predicted octanol–water partition coefficient (Wildman–Crippen LogP) is 3.61. The van der Waals surface area contributed by atoms with Crippen LogP contribution in [0.3, 0.4) is 0 Å². The molecule has 0 bridgehead atoms. The monoisotopic (exact) mass is 306 g/mol. The van der Waals surface area contributed by atoms with Crippen molar-refractivity contribution in [1.29, 1.82) is 0 Å². The van der Waals surface area contributed by atoms with Crippen LogP contribution in [0.4, 0.5) is 5.69 Å². The van der Waals surface area contributed by atoms with Gasteiger partial charge < -0.3 is 9.64 Å². The van der Waals surface area contributed by atoms with Gasteiger partial charge in [0.05, 0.1) is 17.6 Å². The van der Waals surface area contributed by atoms with E-state index >= 15 is 0 Å². The van der Waals surface area contributed by atoms with Gasteiger partial charge in [0.15, 0.2) is 0 Å². The number of benzene rings is 1. The second-order valence-corrected chi connectivity index (χ2v) is 7.25. The summed E-state index contributed by atoms with van der Waals surface area (Å²) < 4.78 is 6.01. The molecular weight excluding hydrogens is 280 g/mol. The van der Waals surface area contributed by atoms with E-state index in [9.17, 15) is 10.1 Å². The van der Waals surface area contributed by atoms with Crippen LogP contribution >= 0.6 is 0 Å².